The van der Waals surface area contributed by atoms with Crippen molar-refractivity contribution in [3.63, 3.8) is 0 Å². The molecule has 0 fully saturated rings. The van der Waals surface area contributed by atoms with Gasteiger partial charge >= 0.3 is 0 Å². The molecule has 5 nitrogen and oxygen atoms in total. The molecule has 3 rings (SSSR count). The predicted octanol–water partition coefficient (Wildman–Crippen LogP) is 4.48. The summed E-state index contributed by atoms with van der Waals surface area (Å²) >= 11 is 5.74. The van der Waals surface area contributed by atoms with E-state index in [2.05, 4.69) is 20.6 Å². The van der Waals surface area contributed by atoms with Gasteiger partial charge < -0.3 is 16.4 Å². The summed E-state index contributed by atoms with van der Waals surface area (Å²) in [5.74, 6) is -0.438. The molecule has 0 saturated carbocycles. The molecule has 4 N–H and O–H groups in total. The molecule has 0 saturated heterocycles. The van der Waals surface area contributed by atoms with Crippen molar-refractivity contribution in [1.82, 2.24) is 9.97 Å². The zero-order chi connectivity index (χ0) is 17.1. The molecular weight excluding hydrogens is 336 g/mol. The van der Waals surface area contributed by atoms with E-state index in [0.717, 1.165) is 0 Å². The first-order valence-corrected chi connectivity index (χ1v) is 7.26. The number of nitrogens with one attached hydrogen (secondary N) is 2. The number of hydrogen-bond donors (Lipinski definition) is 3. The van der Waals surface area contributed by atoms with Crippen molar-refractivity contribution in [2.45, 2.75) is 0 Å². The number of nitrogens with zero attached hydrogens (tertiary/aromatic N) is 2. The molecule has 0 radical (unpaired) electrons. The van der Waals surface area contributed by atoms with Crippen molar-refractivity contribution in [1.29, 1.82) is 0 Å². The molecule has 8 heteroatoms. The maximum absolute atomic E-state index is 13.7. The smallest absolute Gasteiger partial charge is 0.159 e. The summed E-state index contributed by atoms with van der Waals surface area (Å²) in [4.78, 5) is 8.04. The van der Waals surface area contributed by atoms with Gasteiger partial charge in [0.1, 0.15) is 23.6 Å². The van der Waals surface area contributed by atoms with E-state index >= 15 is 0 Å². The highest BCUT2D eigenvalue weighted by Crippen LogP contribution is 2.30. The molecule has 0 aliphatic rings. The Bertz CT molecular complexity index is 888. The van der Waals surface area contributed by atoms with Gasteiger partial charge in [-0.3, -0.25) is 0 Å². The summed E-state index contributed by atoms with van der Waals surface area (Å²) in [6.07, 6.45) is 1.27. The minimum absolute atomic E-state index is 0.0302. The molecule has 122 valence electrons. The fourth-order valence-electron chi connectivity index (χ4n) is 2.00. The van der Waals surface area contributed by atoms with Crippen molar-refractivity contribution < 1.29 is 8.78 Å². The van der Waals surface area contributed by atoms with Crippen molar-refractivity contribution in [3.05, 3.63) is 65.4 Å². The number of nitrogens with two attached hydrogens (primary N) is 1. The van der Waals surface area contributed by atoms with Crippen LogP contribution in [0.3, 0.4) is 0 Å². The normalized spacial score (nSPS) is 10.5. The number of anilines is 5. The third-order valence-corrected chi connectivity index (χ3v) is 3.48. The van der Waals surface area contributed by atoms with Crippen molar-refractivity contribution >= 4 is 40.3 Å². The van der Waals surface area contributed by atoms with E-state index in [0.29, 0.717) is 5.69 Å². The molecule has 1 aromatic heterocycles. The molecule has 0 unspecified atom stereocenters. The Morgan fingerprint density at radius 1 is 0.917 bits per heavy atom. The monoisotopic (exact) mass is 347 g/mol. The Labute approximate surface area is 141 Å². The van der Waals surface area contributed by atoms with Crippen LogP contribution in [-0.4, -0.2) is 9.97 Å². The van der Waals surface area contributed by atoms with Crippen LogP contribution in [0, 0.1) is 11.6 Å². The Kier molecular flexibility index (Phi) is 4.43. The minimum Gasteiger partial charge on any atom is -0.393 e. The minimum atomic E-state index is -0.528. The second-order valence-corrected chi connectivity index (χ2v) is 5.25. The van der Waals surface area contributed by atoms with Crippen molar-refractivity contribution in [3.8, 4) is 0 Å². The lowest BCUT2D eigenvalue weighted by Crippen LogP contribution is -2.06. The van der Waals surface area contributed by atoms with E-state index in [1.165, 1.54) is 30.6 Å². The van der Waals surface area contributed by atoms with E-state index < -0.39 is 11.6 Å². The highest BCUT2D eigenvalue weighted by molar-refractivity contribution is 6.31. The summed E-state index contributed by atoms with van der Waals surface area (Å²) in [7, 11) is 0. The third-order valence-electron chi connectivity index (χ3n) is 3.19. The number of aromatic nitrogens is 2. The molecule has 2 aromatic carbocycles. The average molecular weight is 348 g/mol. The maximum Gasteiger partial charge on any atom is 0.159 e. The lowest BCUT2D eigenvalue weighted by Gasteiger charge is -2.13. The molecule has 24 heavy (non-hydrogen) atoms. The van der Waals surface area contributed by atoms with Crippen LogP contribution in [0.25, 0.3) is 0 Å². The van der Waals surface area contributed by atoms with E-state index in [-0.39, 0.29) is 28.0 Å². The van der Waals surface area contributed by atoms with Gasteiger partial charge in [-0.1, -0.05) is 23.7 Å². The number of rotatable bonds is 4. The van der Waals surface area contributed by atoms with E-state index in [1.54, 1.807) is 18.2 Å². The Balaban J connectivity index is 1.88. The van der Waals surface area contributed by atoms with Gasteiger partial charge in [0.25, 0.3) is 0 Å². The zero-order valence-electron chi connectivity index (χ0n) is 12.2. The molecule has 0 aliphatic heterocycles. The first-order valence-electron chi connectivity index (χ1n) is 6.88. The molecule has 0 bridgehead atoms. The number of halogens is 3. The van der Waals surface area contributed by atoms with Gasteiger partial charge in [0, 0.05) is 5.69 Å². The summed E-state index contributed by atoms with van der Waals surface area (Å²) < 4.78 is 26.9. The number of hydrogen-bond acceptors (Lipinski definition) is 5. The molecular formula is C16H12ClF2N5. The van der Waals surface area contributed by atoms with Crippen LogP contribution >= 0.6 is 11.6 Å². The van der Waals surface area contributed by atoms with Gasteiger partial charge in [-0.05, 0) is 30.3 Å². The molecule has 1 heterocycles. The van der Waals surface area contributed by atoms with Crippen molar-refractivity contribution in [2.24, 2.45) is 0 Å². The summed E-state index contributed by atoms with van der Waals surface area (Å²) in [6.45, 7) is 0. The fourth-order valence-corrected chi connectivity index (χ4v) is 2.18. The Hall–Kier alpha value is -2.93. The number of nitrogen functional groups attached to an aromatic ring is 1. The molecule has 0 spiro atoms. The third kappa shape index (κ3) is 3.36. The highest BCUT2D eigenvalue weighted by atomic mass is 35.5. The van der Waals surface area contributed by atoms with Crippen LogP contribution in [0.1, 0.15) is 0 Å². The van der Waals surface area contributed by atoms with Crippen LogP contribution < -0.4 is 16.4 Å². The SMILES string of the molecule is Nc1c(Nc2ccc(F)c(Cl)c2)ncnc1Nc1ccccc1F. The van der Waals surface area contributed by atoms with Crippen molar-refractivity contribution in [2.75, 3.05) is 16.4 Å². The number of benzene rings is 2. The van der Waals surface area contributed by atoms with Gasteiger partial charge in [0.05, 0.1) is 10.7 Å². The van der Waals surface area contributed by atoms with E-state index in [1.807, 2.05) is 0 Å². The quantitative estimate of drug-likeness (QED) is 0.649. The van der Waals surface area contributed by atoms with Crippen LogP contribution in [0.2, 0.25) is 5.02 Å². The van der Waals surface area contributed by atoms with Gasteiger partial charge in [0.15, 0.2) is 11.6 Å². The summed E-state index contributed by atoms with van der Waals surface area (Å²) in [5.41, 5.74) is 6.94. The largest absolute Gasteiger partial charge is 0.393 e. The van der Waals surface area contributed by atoms with Crippen LogP contribution in [0.15, 0.2) is 48.8 Å². The Morgan fingerprint density at radius 3 is 2.33 bits per heavy atom. The summed E-state index contributed by atoms with van der Waals surface area (Å²) in [5, 5.41) is 5.70. The fraction of sp³-hybridized carbons (Fsp3) is 0. The molecule has 3 aromatic rings. The van der Waals surface area contributed by atoms with Gasteiger partial charge in [-0.2, -0.15) is 0 Å². The lowest BCUT2D eigenvalue weighted by atomic mass is 10.3. The maximum atomic E-state index is 13.7. The van der Waals surface area contributed by atoms with Crippen LogP contribution in [-0.2, 0) is 0 Å². The lowest BCUT2D eigenvalue weighted by molar-refractivity contribution is 0.628. The van der Waals surface area contributed by atoms with E-state index in [4.69, 9.17) is 17.3 Å². The van der Waals surface area contributed by atoms with Crippen LogP contribution in [0.4, 0.5) is 37.5 Å². The molecule has 0 aliphatic carbocycles. The second-order valence-electron chi connectivity index (χ2n) is 4.84. The Morgan fingerprint density at radius 2 is 1.62 bits per heavy atom. The van der Waals surface area contributed by atoms with Crippen LogP contribution in [0.5, 0.6) is 0 Å². The zero-order valence-corrected chi connectivity index (χ0v) is 13.0. The van der Waals surface area contributed by atoms with Gasteiger partial charge in [-0.15, -0.1) is 0 Å². The summed E-state index contributed by atoms with van der Waals surface area (Å²) in [6, 6.07) is 10.3. The average Bonchev–Trinajstić information content (AvgIpc) is 2.57. The first-order chi connectivity index (χ1) is 11.5. The predicted molar refractivity (Wildman–Crippen MR) is 90.8 cm³/mol. The standard InChI is InChI=1S/C16H12ClF2N5/c17-10-7-9(5-6-11(10)18)23-15-14(20)16(22-8-21-15)24-13-4-2-1-3-12(13)19/h1-8H,20H2,(H2,21,22,23,24). The molecule has 0 amide bonds. The van der Waals surface area contributed by atoms with E-state index in [9.17, 15) is 8.78 Å². The first kappa shape index (κ1) is 15.9. The highest BCUT2D eigenvalue weighted by Gasteiger charge is 2.11. The van der Waals surface area contributed by atoms with Gasteiger partial charge in [0.2, 0.25) is 0 Å². The topological polar surface area (TPSA) is 75.9 Å². The van der Waals surface area contributed by atoms with Gasteiger partial charge in [-0.25, -0.2) is 18.7 Å². The number of para-hydroxylation sites is 1. The molecule has 0 atom stereocenters. The second kappa shape index (κ2) is 6.67.